The van der Waals surface area contributed by atoms with Crippen molar-refractivity contribution in [1.29, 1.82) is 0 Å². The minimum Gasteiger partial charge on any atom is -0.497 e. The number of halogens is 3. The third-order valence-electron chi connectivity index (χ3n) is 7.99. The van der Waals surface area contributed by atoms with Gasteiger partial charge in [-0.2, -0.15) is 4.99 Å². The van der Waals surface area contributed by atoms with Gasteiger partial charge in [0.05, 0.1) is 12.8 Å². The Labute approximate surface area is 282 Å². The molecular weight excluding hydrogens is 641 g/mol. The number of benzene rings is 3. The number of hydrogen-bond donors (Lipinski definition) is 1. The zero-order chi connectivity index (χ0) is 34.3. The minimum absolute atomic E-state index is 0.263. The van der Waals surface area contributed by atoms with E-state index in [2.05, 4.69) is 56.9 Å². The summed E-state index contributed by atoms with van der Waals surface area (Å²) < 4.78 is 48.2. The van der Waals surface area contributed by atoms with Gasteiger partial charge in [-0.3, -0.25) is 0 Å². The summed E-state index contributed by atoms with van der Waals surface area (Å²) in [5, 5.41) is 8.15. The van der Waals surface area contributed by atoms with Gasteiger partial charge in [0, 0.05) is 30.1 Å². The molecule has 2 amide bonds. The fraction of sp³-hybridized carbons (Fsp3) is 0.371. The number of amides is 2. The molecule has 3 aromatic carbocycles. The highest BCUT2D eigenvalue weighted by atomic mass is 32.2. The molecule has 1 fully saturated rings. The molecule has 1 saturated heterocycles. The molecule has 0 saturated carbocycles. The van der Waals surface area contributed by atoms with E-state index in [1.54, 1.807) is 18.9 Å². The number of rotatable bonds is 11. The molecule has 0 spiro atoms. The summed E-state index contributed by atoms with van der Waals surface area (Å²) in [6, 6.07) is 19.1. The van der Waals surface area contributed by atoms with Crippen LogP contribution in [0.1, 0.15) is 63.0 Å². The van der Waals surface area contributed by atoms with Crippen LogP contribution in [0.4, 0.5) is 23.7 Å². The Balaban J connectivity index is 1.12. The molecule has 1 aliphatic rings. The predicted octanol–water partition coefficient (Wildman–Crippen LogP) is 8.56. The van der Waals surface area contributed by atoms with Gasteiger partial charge in [0.15, 0.2) is 11.0 Å². The van der Waals surface area contributed by atoms with Crippen LogP contribution in [0, 0.1) is 0 Å². The lowest BCUT2D eigenvalue weighted by atomic mass is 9.95. The fourth-order valence-corrected chi connectivity index (χ4v) is 6.37. The van der Waals surface area contributed by atoms with Crippen LogP contribution in [0.15, 0.2) is 78.0 Å². The Morgan fingerprint density at radius 2 is 1.77 bits per heavy atom. The molecular formula is C35H39F3N6O3S. The van der Waals surface area contributed by atoms with E-state index in [9.17, 15) is 18.0 Å². The highest BCUT2D eigenvalue weighted by Crippen LogP contribution is 2.35. The van der Waals surface area contributed by atoms with Gasteiger partial charge < -0.3 is 19.7 Å². The Hall–Kier alpha value is -4.52. The number of urea groups is 1. The third-order valence-corrected chi connectivity index (χ3v) is 9.05. The Kier molecular flexibility index (Phi) is 11.3. The Bertz CT molecular complexity index is 1710. The van der Waals surface area contributed by atoms with Crippen LogP contribution in [-0.2, 0) is 0 Å². The number of carbonyl (C=O) groups is 1. The second kappa shape index (κ2) is 15.6. The van der Waals surface area contributed by atoms with Gasteiger partial charge in [-0.05, 0) is 84.7 Å². The van der Waals surface area contributed by atoms with Gasteiger partial charge in [-0.1, -0.05) is 56.8 Å². The molecule has 9 nitrogen and oxygen atoms in total. The molecule has 1 N–H and O–H groups in total. The number of amidine groups is 1. The maximum absolute atomic E-state index is 12.8. The summed E-state index contributed by atoms with van der Waals surface area (Å²) in [6.07, 6.45) is -0.552. The van der Waals surface area contributed by atoms with Crippen LogP contribution >= 0.6 is 11.8 Å². The monoisotopic (exact) mass is 680 g/mol. The van der Waals surface area contributed by atoms with E-state index in [4.69, 9.17) is 4.74 Å². The van der Waals surface area contributed by atoms with Gasteiger partial charge in [-0.15, -0.1) is 18.3 Å². The number of methoxy groups -OCH3 is 1. The average molecular weight is 681 g/mol. The summed E-state index contributed by atoms with van der Waals surface area (Å²) in [5.41, 5.74) is 4.74. The first-order valence-electron chi connectivity index (χ1n) is 15.8. The van der Waals surface area contributed by atoms with Crippen LogP contribution in [-0.4, -0.2) is 58.3 Å². The zero-order valence-electron chi connectivity index (χ0n) is 27.3. The Morgan fingerprint density at radius 1 is 1.04 bits per heavy atom. The zero-order valence-corrected chi connectivity index (χ0v) is 28.1. The van der Waals surface area contributed by atoms with Crippen molar-refractivity contribution in [2.45, 2.75) is 58.2 Å². The SMILES string of the molecule is COc1ccc(N2CCCS/C2=N\C(=O)NCCCC(C)c2ccc(-c3ncn(-c4ccc(OC(F)(F)F)cc4)n3)cc2)c(C(C)C)c1. The first kappa shape index (κ1) is 34.8. The standard InChI is InChI=1S/C35H39F3N6O3S/c1-23(2)30-21-29(46-4)16-17-31(30)43-19-6-20-48-34(43)41-33(45)39-18-5-7-24(3)25-8-10-26(11-9-25)32-40-22-44(42-32)27-12-14-28(15-13-27)47-35(36,37)38/h8-17,21-24H,5-7,18-20H2,1-4H3,(H,39,45)/b41-34-. The Morgan fingerprint density at radius 3 is 2.46 bits per heavy atom. The van der Waals surface area contributed by atoms with E-state index in [1.165, 1.54) is 35.3 Å². The second-order valence-corrected chi connectivity index (χ2v) is 12.8. The number of ether oxygens (including phenoxy) is 2. The molecule has 1 aliphatic heterocycles. The molecule has 0 aliphatic carbocycles. The fourth-order valence-electron chi connectivity index (χ4n) is 5.42. The van der Waals surface area contributed by atoms with Crippen molar-refractivity contribution in [3.8, 4) is 28.6 Å². The number of carbonyl (C=O) groups excluding carboxylic acids is 1. The van der Waals surface area contributed by atoms with Crippen molar-refractivity contribution in [2.75, 3.05) is 30.9 Å². The van der Waals surface area contributed by atoms with E-state index < -0.39 is 6.36 Å². The lowest BCUT2D eigenvalue weighted by molar-refractivity contribution is -0.274. The van der Waals surface area contributed by atoms with E-state index in [0.717, 1.165) is 59.7 Å². The molecule has 2 heterocycles. The first-order valence-corrected chi connectivity index (χ1v) is 16.8. The molecule has 1 atom stereocenters. The smallest absolute Gasteiger partial charge is 0.497 e. The lowest BCUT2D eigenvalue weighted by Gasteiger charge is -2.32. The molecule has 1 unspecified atom stereocenters. The summed E-state index contributed by atoms with van der Waals surface area (Å²) >= 11 is 1.60. The van der Waals surface area contributed by atoms with Gasteiger partial charge >= 0.3 is 12.4 Å². The summed E-state index contributed by atoms with van der Waals surface area (Å²) in [6.45, 7) is 7.77. The van der Waals surface area contributed by atoms with Crippen LogP contribution in [0.25, 0.3) is 17.1 Å². The number of nitrogens with zero attached hydrogens (tertiary/aromatic N) is 5. The summed E-state index contributed by atoms with van der Waals surface area (Å²) in [5.74, 6) is 2.47. The number of nitrogens with one attached hydrogen (secondary N) is 1. The lowest BCUT2D eigenvalue weighted by Crippen LogP contribution is -2.36. The molecule has 4 aromatic rings. The van der Waals surface area contributed by atoms with Crippen LogP contribution in [0.3, 0.4) is 0 Å². The maximum atomic E-state index is 12.8. The molecule has 1 aromatic heterocycles. The van der Waals surface area contributed by atoms with E-state index >= 15 is 0 Å². The molecule has 5 rings (SSSR count). The number of aromatic nitrogens is 3. The quantitative estimate of drug-likeness (QED) is 0.159. The molecule has 0 radical (unpaired) electrons. The minimum atomic E-state index is -4.74. The summed E-state index contributed by atoms with van der Waals surface area (Å²) in [4.78, 5) is 23.8. The van der Waals surface area contributed by atoms with Gasteiger partial charge in [-0.25, -0.2) is 14.5 Å². The normalized spacial score (nSPS) is 15.1. The van der Waals surface area contributed by atoms with Crippen molar-refractivity contribution >= 4 is 28.6 Å². The van der Waals surface area contributed by atoms with Crippen LogP contribution in [0.2, 0.25) is 0 Å². The number of anilines is 1. The van der Waals surface area contributed by atoms with Crippen molar-refractivity contribution in [3.63, 3.8) is 0 Å². The van der Waals surface area contributed by atoms with Crippen molar-refractivity contribution < 1.29 is 27.4 Å². The van der Waals surface area contributed by atoms with Crippen molar-refractivity contribution in [3.05, 3.63) is 84.2 Å². The predicted molar refractivity (Wildman–Crippen MR) is 183 cm³/mol. The number of aliphatic imine (C=N–C) groups is 1. The van der Waals surface area contributed by atoms with E-state index in [-0.39, 0.29) is 23.6 Å². The average Bonchev–Trinajstić information content (AvgIpc) is 3.57. The number of hydrogen-bond acceptors (Lipinski definition) is 6. The third kappa shape index (κ3) is 9.09. The largest absolute Gasteiger partial charge is 0.573 e. The summed E-state index contributed by atoms with van der Waals surface area (Å²) in [7, 11) is 1.66. The van der Waals surface area contributed by atoms with Crippen molar-refractivity contribution in [1.82, 2.24) is 20.1 Å². The van der Waals surface area contributed by atoms with E-state index in [0.29, 0.717) is 23.2 Å². The highest BCUT2D eigenvalue weighted by Gasteiger charge is 2.31. The number of alkyl halides is 3. The van der Waals surface area contributed by atoms with Gasteiger partial charge in [0.25, 0.3) is 0 Å². The first-order chi connectivity index (χ1) is 23.0. The maximum Gasteiger partial charge on any atom is 0.573 e. The molecule has 0 bridgehead atoms. The molecule has 254 valence electrons. The highest BCUT2D eigenvalue weighted by molar-refractivity contribution is 8.14. The van der Waals surface area contributed by atoms with E-state index in [1.807, 2.05) is 36.4 Å². The van der Waals surface area contributed by atoms with Gasteiger partial charge in [0.1, 0.15) is 17.8 Å². The second-order valence-electron chi connectivity index (χ2n) is 11.8. The van der Waals surface area contributed by atoms with Crippen LogP contribution < -0.4 is 19.7 Å². The van der Waals surface area contributed by atoms with Gasteiger partial charge in [0.2, 0.25) is 0 Å². The molecule has 48 heavy (non-hydrogen) atoms. The number of thioether (sulfide) groups is 1. The topological polar surface area (TPSA) is 93.9 Å². The van der Waals surface area contributed by atoms with Crippen LogP contribution in [0.5, 0.6) is 11.5 Å². The van der Waals surface area contributed by atoms with Crippen molar-refractivity contribution in [2.24, 2.45) is 4.99 Å². The molecule has 13 heteroatoms.